The number of benzene rings is 1. The molecule has 2 aliphatic carbocycles. The number of carbonyl (C=O) groups is 3. The normalized spacial score (nSPS) is 25.1. The van der Waals surface area contributed by atoms with Crippen LogP contribution in [0.25, 0.3) is 0 Å². The van der Waals surface area contributed by atoms with Crippen LogP contribution in [-0.4, -0.2) is 68.8 Å². The van der Waals surface area contributed by atoms with E-state index in [2.05, 4.69) is 10.6 Å². The first-order valence-corrected chi connectivity index (χ1v) is 13.8. The SMILES string of the molecule is COCCCN1C(=O)C(C)(C)Oc2ccc(N(C(=O)[C@H]3CNC[C@@H](C(=O)NC4CCC4)C3)C3CC3)cc21. The van der Waals surface area contributed by atoms with E-state index in [9.17, 15) is 14.4 Å². The number of anilines is 2. The molecule has 1 aromatic rings. The topological polar surface area (TPSA) is 100 Å². The third-order valence-electron chi connectivity index (χ3n) is 8.04. The van der Waals surface area contributed by atoms with E-state index in [1.807, 2.05) is 23.1 Å². The summed E-state index contributed by atoms with van der Waals surface area (Å²) >= 11 is 0. The van der Waals surface area contributed by atoms with Crippen molar-refractivity contribution in [1.82, 2.24) is 10.6 Å². The molecular weight excluding hydrogens is 472 g/mol. The van der Waals surface area contributed by atoms with Crippen molar-refractivity contribution in [3.63, 3.8) is 0 Å². The molecule has 4 aliphatic rings. The van der Waals surface area contributed by atoms with Gasteiger partial charge in [0.15, 0.2) is 5.60 Å². The van der Waals surface area contributed by atoms with E-state index < -0.39 is 5.60 Å². The fourth-order valence-corrected chi connectivity index (χ4v) is 5.54. The van der Waals surface area contributed by atoms with E-state index in [4.69, 9.17) is 9.47 Å². The fraction of sp³-hybridized carbons (Fsp3) is 0.679. The van der Waals surface area contributed by atoms with Gasteiger partial charge in [0.2, 0.25) is 11.8 Å². The van der Waals surface area contributed by atoms with Crippen LogP contribution >= 0.6 is 0 Å². The first kappa shape index (κ1) is 26.0. The minimum absolute atomic E-state index is 0.0467. The molecule has 2 aliphatic heterocycles. The van der Waals surface area contributed by atoms with Gasteiger partial charge in [-0.25, -0.2) is 0 Å². The third kappa shape index (κ3) is 5.48. The summed E-state index contributed by atoms with van der Waals surface area (Å²) in [5.41, 5.74) is 0.507. The molecule has 1 aromatic carbocycles. The number of hydrogen-bond acceptors (Lipinski definition) is 6. The second kappa shape index (κ2) is 10.6. The predicted octanol–water partition coefficient (Wildman–Crippen LogP) is 2.62. The zero-order valence-electron chi connectivity index (χ0n) is 22.3. The van der Waals surface area contributed by atoms with Crippen LogP contribution in [0.3, 0.4) is 0 Å². The molecule has 0 bridgehead atoms. The van der Waals surface area contributed by atoms with Crippen LogP contribution < -0.4 is 25.2 Å². The number of nitrogens with one attached hydrogen (secondary N) is 2. The highest BCUT2D eigenvalue weighted by Crippen LogP contribution is 2.43. The summed E-state index contributed by atoms with van der Waals surface area (Å²) in [7, 11) is 1.65. The smallest absolute Gasteiger partial charge is 0.270 e. The maximum absolute atomic E-state index is 13.9. The lowest BCUT2D eigenvalue weighted by atomic mass is 9.87. The summed E-state index contributed by atoms with van der Waals surface area (Å²) in [6.45, 7) is 5.80. The van der Waals surface area contributed by atoms with Crippen molar-refractivity contribution in [3.05, 3.63) is 18.2 Å². The summed E-state index contributed by atoms with van der Waals surface area (Å²) < 4.78 is 11.3. The van der Waals surface area contributed by atoms with Crippen LogP contribution in [0, 0.1) is 11.8 Å². The van der Waals surface area contributed by atoms with Gasteiger partial charge in [-0.2, -0.15) is 0 Å². The van der Waals surface area contributed by atoms with E-state index in [0.29, 0.717) is 56.6 Å². The lowest BCUT2D eigenvalue weighted by Crippen LogP contribution is -2.53. The summed E-state index contributed by atoms with van der Waals surface area (Å²) in [5.74, 6) is 0.182. The molecule has 9 heteroatoms. The Balaban J connectivity index is 1.36. The zero-order chi connectivity index (χ0) is 26.2. The molecule has 3 amide bonds. The largest absolute Gasteiger partial charge is 0.476 e. The molecule has 202 valence electrons. The van der Waals surface area contributed by atoms with E-state index in [1.165, 1.54) is 6.42 Å². The van der Waals surface area contributed by atoms with Crippen molar-refractivity contribution in [3.8, 4) is 5.75 Å². The number of rotatable bonds is 9. The first-order valence-electron chi connectivity index (χ1n) is 13.8. The second-order valence-corrected chi connectivity index (χ2v) is 11.4. The zero-order valence-corrected chi connectivity index (χ0v) is 22.3. The summed E-state index contributed by atoms with van der Waals surface area (Å²) in [6, 6.07) is 6.16. The van der Waals surface area contributed by atoms with Gasteiger partial charge in [0.1, 0.15) is 5.75 Å². The second-order valence-electron chi connectivity index (χ2n) is 11.4. The fourth-order valence-electron chi connectivity index (χ4n) is 5.54. The van der Waals surface area contributed by atoms with E-state index >= 15 is 0 Å². The number of fused-ring (bicyclic) bond motifs is 1. The molecule has 1 saturated heterocycles. The number of carbonyl (C=O) groups excluding carboxylic acids is 3. The van der Waals surface area contributed by atoms with Crippen molar-refractivity contribution in [2.75, 3.05) is 43.2 Å². The number of methoxy groups -OCH3 is 1. The number of piperidine rings is 1. The number of nitrogens with zero attached hydrogens (tertiary/aromatic N) is 2. The standard InChI is InChI=1S/C28H40N4O5/c1-28(2)27(35)31(12-5-13-36-3)23-15-22(10-11-24(23)37-28)32(21-8-9-21)26(34)19-14-18(16-29-17-19)25(33)30-20-6-4-7-20/h10-11,15,18-21,29H,4-9,12-14,16-17H2,1-3H3,(H,30,33)/t18-,19+/m0/s1. The van der Waals surface area contributed by atoms with Gasteiger partial charge in [-0.1, -0.05) is 0 Å². The van der Waals surface area contributed by atoms with Gasteiger partial charge in [0.05, 0.1) is 17.5 Å². The van der Waals surface area contributed by atoms with Gasteiger partial charge in [-0.3, -0.25) is 14.4 Å². The van der Waals surface area contributed by atoms with Crippen molar-refractivity contribution in [2.24, 2.45) is 11.8 Å². The van der Waals surface area contributed by atoms with Gasteiger partial charge >= 0.3 is 0 Å². The summed E-state index contributed by atoms with van der Waals surface area (Å²) in [5, 5.41) is 6.48. The molecule has 0 spiro atoms. The minimum Gasteiger partial charge on any atom is -0.476 e. The Bertz CT molecular complexity index is 1040. The minimum atomic E-state index is -0.962. The molecule has 2 saturated carbocycles. The Morgan fingerprint density at radius 3 is 2.62 bits per heavy atom. The Labute approximate surface area is 219 Å². The lowest BCUT2D eigenvalue weighted by molar-refractivity contribution is -0.132. The molecule has 3 fully saturated rings. The number of hydrogen-bond donors (Lipinski definition) is 2. The van der Waals surface area contributed by atoms with Crippen LogP contribution in [0.4, 0.5) is 11.4 Å². The van der Waals surface area contributed by atoms with Crippen molar-refractivity contribution < 1.29 is 23.9 Å². The predicted molar refractivity (Wildman–Crippen MR) is 141 cm³/mol. The third-order valence-corrected chi connectivity index (χ3v) is 8.04. The van der Waals surface area contributed by atoms with E-state index in [-0.39, 0.29) is 35.6 Å². The van der Waals surface area contributed by atoms with Gasteiger partial charge in [-0.05, 0) is 77.0 Å². The molecule has 5 rings (SSSR count). The molecule has 9 nitrogen and oxygen atoms in total. The van der Waals surface area contributed by atoms with Gasteiger partial charge in [-0.15, -0.1) is 0 Å². The Morgan fingerprint density at radius 2 is 1.95 bits per heavy atom. The molecule has 2 heterocycles. The molecule has 0 radical (unpaired) electrons. The first-order chi connectivity index (χ1) is 17.8. The van der Waals surface area contributed by atoms with E-state index in [0.717, 1.165) is 31.4 Å². The Hall–Kier alpha value is -2.65. The monoisotopic (exact) mass is 512 g/mol. The highest BCUT2D eigenvalue weighted by Gasteiger charge is 2.43. The van der Waals surface area contributed by atoms with E-state index in [1.54, 1.807) is 25.9 Å². The molecule has 2 atom stereocenters. The number of amides is 3. The van der Waals surface area contributed by atoms with Gasteiger partial charge in [0, 0.05) is 51.1 Å². The highest BCUT2D eigenvalue weighted by molar-refractivity contribution is 6.04. The molecular formula is C28H40N4O5. The lowest BCUT2D eigenvalue weighted by Gasteiger charge is -2.40. The van der Waals surface area contributed by atoms with Crippen LogP contribution in [0.15, 0.2) is 18.2 Å². The average molecular weight is 513 g/mol. The Kier molecular flexibility index (Phi) is 7.45. The van der Waals surface area contributed by atoms with Crippen molar-refractivity contribution in [1.29, 1.82) is 0 Å². The Morgan fingerprint density at radius 1 is 1.19 bits per heavy atom. The van der Waals surface area contributed by atoms with Crippen LogP contribution in [0.1, 0.15) is 58.8 Å². The van der Waals surface area contributed by atoms with Crippen LogP contribution in [-0.2, 0) is 19.1 Å². The maximum Gasteiger partial charge on any atom is 0.270 e. The maximum atomic E-state index is 13.9. The summed E-state index contributed by atoms with van der Waals surface area (Å²) in [4.78, 5) is 43.6. The van der Waals surface area contributed by atoms with Crippen LogP contribution in [0.2, 0.25) is 0 Å². The molecule has 2 N–H and O–H groups in total. The van der Waals surface area contributed by atoms with Crippen molar-refractivity contribution >= 4 is 29.1 Å². The molecule has 37 heavy (non-hydrogen) atoms. The number of ether oxygens (including phenoxy) is 2. The van der Waals surface area contributed by atoms with Gasteiger partial charge in [0.25, 0.3) is 5.91 Å². The molecule has 0 unspecified atom stereocenters. The van der Waals surface area contributed by atoms with Crippen molar-refractivity contribution in [2.45, 2.75) is 76.5 Å². The quantitative estimate of drug-likeness (QED) is 0.494. The molecule has 0 aromatic heterocycles. The summed E-state index contributed by atoms with van der Waals surface area (Å²) in [6.07, 6.45) is 6.43. The highest BCUT2D eigenvalue weighted by atomic mass is 16.5. The van der Waals surface area contributed by atoms with Crippen LogP contribution in [0.5, 0.6) is 5.75 Å². The van der Waals surface area contributed by atoms with Gasteiger partial charge < -0.3 is 29.9 Å². The average Bonchev–Trinajstić information content (AvgIpc) is 3.69.